The Morgan fingerprint density at radius 2 is 2.19 bits per heavy atom. The summed E-state index contributed by atoms with van der Waals surface area (Å²) in [7, 11) is -0.834. The van der Waals surface area contributed by atoms with Gasteiger partial charge in [-0.3, -0.25) is 13.8 Å². The molecule has 2 unspecified atom stereocenters. The Balaban J connectivity index is 2.52. The van der Waals surface area contributed by atoms with Gasteiger partial charge in [0.25, 0.3) is 0 Å². The molecule has 16 heavy (non-hydrogen) atoms. The first-order valence-electron chi connectivity index (χ1n) is 5.37. The Morgan fingerprint density at radius 3 is 2.81 bits per heavy atom. The third-order valence-electron chi connectivity index (χ3n) is 2.69. The summed E-state index contributed by atoms with van der Waals surface area (Å²) in [4.78, 5) is 24.5. The summed E-state index contributed by atoms with van der Waals surface area (Å²) < 4.78 is 11.0. The molecule has 6 heteroatoms. The molecule has 1 fully saturated rings. The maximum absolute atomic E-state index is 11.7. The minimum absolute atomic E-state index is 0.0455. The molecule has 0 spiro atoms. The summed E-state index contributed by atoms with van der Waals surface area (Å²) in [5, 5.41) is 2.55. The van der Waals surface area contributed by atoms with E-state index in [-0.39, 0.29) is 24.4 Å². The fraction of sp³-hybridized carbons (Fsp3) is 0.800. The van der Waals surface area contributed by atoms with Crippen LogP contribution in [0.15, 0.2) is 0 Å². The van der Waals surface area contributed by atoms with Gasteiger partial charge < -0.3 is 10.2 Å². The fourth-order valence-electron chi connectivity index (χ4n) is 1.67. The Hall–Kier alpha value is -0.910. The van der Waals surface area contributed by atoms with Gasteiger partial charge >= 0.3 is 0 Å². The molecule has 0 aromatic heterocycles. The van der Waals surface area contributed by atoms with Crippen LogP contribution >= 0.6 is 0 Å². The van der Waals surface area contributed by atoms with Crippen LogP contribution in [0.4, 0.5) is 0 Å². The zero-order chi connectivity index (χ0) is 12.1. The summed E-state index contributed by atoms with van der Waals surface area (Å²) in [6, 6.07) is 0.0455. The molecule has 92 valence electrons. The zero-order valence-electron chi connectivity index (χ0n) is 9.69. The van der Waals surface area contributed by atoms with Gasteiger partial charge in [-0.15, -0.1) is 0 Å². The topological polar surface area (TPSA) is 66.5 Å². The molecule has 2 amide bonds. The maximum Gasteiger partial charge on any atom is 0.242 e. The zero-order valence-corrected chi connectivity index (χ0v) is 10.5. The predicted molar refractivity (Wildman–Crippen MR) is 62.4 cm³/mol. The molecule has 1 rings (SSSR count). The monoisotopic (exact) mass is 246 g/mol. The molecule has 0 radical (unpaired) electrons. The van der Waals surface area contributed by atoms with Crippen LogP contribution in [0.25, 0.3) is 0 Å². The van der Waals surface area contributed by atoms with Crippen LogP contribution in [0, 0.1) is 0 Å². The van der Waals surface area contributed by atoms with E-state index in [9.17, 15) is 13.8 Å². The van der Waals surface area contributed by atoms with Gasteiger partial charge in [0.15, 0.2) is 0 Å². The molecule has 0 aromatic carbocycles. The minimum Gasteiger partial charge on any atom is -0.347 e. The molecule has 5 nitrogen and oxygen atoms in total. The molecule has 1 N–H and O–H groups in total. The van der Waals surface area contributed by atoms with Gasteiger partial charge in [-0.2, -0.15) is 0 Å². The van der Waals surface area contributed by atoms with Crippen molar-refractivity contribution in [3.63, 3.8) is 0 Å². The smallest absolute Gasteiger partial charge is 0.242 e. The van der Waals surface area contributed by atoms with Crippen LogP contribution in [0.2, 0.25) is 0 Å². The average molecular weight is 246 g/mol. The molecule has 0 saturated carbocycles. The second kappa shape index (κ2) is 5.98. The Morgan fingerprint density at radius 1 is 1.50 bits per heavy atom. The van der Waals surface area contributed by atoms with Crippen molar-refractivity contribution in [2.45, 2.75) is 25.8 Å². The molecular weight excluding hydrogens is 228 g/mol. The first-order chi connectivity index (χ1) is 7.50. The highest BCUT2D eigenvalue weighted by molar-refractivity contribution is 7.84. The molecular formula is C10H18N2O3S. The normalized spacial score (nSPS) is 21.2. The summed E-state index contributed by atoms with van der Waals surface area (Å²) in [6.07, 6.45) is 2.72. The number of nitrogens with zero attached hydrogens (tertiary/aromatic N) is 1. The van der Waals surface area contributed by atoms with Crippen molar-refractivity contribution in [1.29, 1.82) is 0 Å². The highest BCUT2D eigenvalue weighted by Crippen LogP contribution is 2.08. The molecule has 0 bridgehead atoms. The van der Waals surface area contributed by atoms with Crippen molar-refractivity contribution in [2.75, 3.05) is 25.1 Å². The van der Waals surface area contributed by atoms with Gasteiger partial charge in [0.1, 0.15) is 0 Å². The Labute approximate surface area is 98.0 Å². The minimum atomic E-state index is -0.834. The predicted octanol–water partition coefficient (Wildman–Crippen LogP) is -0.508. The Kier molecular flexibility index (Phi) is 4.92. The van der Waals surface area contributed by atoms with Crippen molar-refractivity contribution < 1.29 is 13.8 Å². The van der Waals surface area contributed by atoms with Crippen LogP contribution in [0.5, 0.6) is 0 Å². The maximum atomic E-state index is 11.7. The van der Waals surface area contributed by atoms with Crippen molar-refractivity contribution in [3.05, 3.63) is 0 Å². The van der Waals surface area contributed by atoms with Crippen LogP contribution in [0.1, 0.15) is 19.8 Å². The van der Waals surface area contributed by atoms with E-state index in [1.54, 1.807) is 11.2 Å². The fourth-order valence-corrected chi connectivity index (χ4v) is 2.34. The first-order valence-corrected chi connectivity index (χ1v) is 7.09. The third-order valence-corrected chi connectivity index (χ3v) is 3.50. The van der Waals surface area contributed by atoms with Crippen molar-refractivity contribution in [2.24, 2.45) is 0 Å². The number of carbonyl (C=O) groups is 2. The van der Waals surface area contributed by atoms with Crippen molar-refractivity contribution in [1.82, 2.24) is 10.2 Å². The molecule has 2 atom stereocenters. The van der Waals surface area contributed by atoms with Gasteiger partial charge in [0.05, 0.1) is 6.54 Å². The molecule has 1 heterocycles. The number of carbonyl (C=O) groups excluding carboxylic acids is 2. The SMILES string of the molecule is CC(CCS(C)=O)N1CCC(=O)NCC1=O. The highest BCUT2D eigenvalue weighted by Gasteiger charge is 2.24. The standard InChI is InChI=1S/C10H18N2O3S/c1-8(4-6-16(2)15)12-5-3-9(13)11-7-10(12)14/h8H,3-7H2,1-2H3,(H,11,13). The van der Waals surface area contributed by atoms with Crippen LogP contribution < -0.4 is 5.32 Å². The average Bonchev–Trinajstić information content (AvgIpc) is 2.38. The third kappa shape index (κ3) is 3.92. The number of rotatable bonds is 4. The van der Waals surface area contributed by atoms with E-state index in [4.69, 9.17) is 0 Å². The van der Waals surface area contributed by atoms with E-state index >= 15 is 0 Å². The second-order valence-electron chi connectivity index (χ2n) is 4.03. The van der Waals surface area contributed by atoms with E-state index < -0.39 is 10.8 Å². The quantitative estimate of drug-likeness (QED) is 0.726. The number of hydrogen-bond donors (Lipinski definition) is 1. The lowest BCUT2D eigenvalue weighted by molar-refractivity contribution is -0.131. The van der Waals surface area contributed by atoms with Gasteiger partial charge in [-0.25, -0.2) is 0 Å². The summed E-state index contributed by atoms with van der Waals surface area (Å²) in [6.45, 7) is 2.47. The molecule has 1 aliphatic heterocycles. The number of hydrogen-bond acceptors (Lipinski definition) is 3. The largest absolute Gasteiger partial charge is 0.347 e. The highest BCUT2D eigenvalue weighted by atomic mass is 32.2. The summed E-state index contributed by atoms with van der Waals surface area (Å²) >= 11 is 0. The van der Waals surface area contributed by atoms with Crippen molar-refractivity contribution in [3.8, 4) is 0 Å². The van der Waals surface area contributed by atoms with Gasteiger partial charge in [0.2, 0.25) is 11.8 Å². The lowest BCUT2D eigenvalue weighted by atomic mass is 10.2. The second-order valence-corrected chi connectivity index (χ2v) is 5.58. The van der Waals surface area contributed by atoms with Crippen molar-refractivity contribution >= 4 is 22.6 Å². The van der Waals surface area contributed by atoms with Crippen LogP contribution in [-0.4, -0.2) is 52.1 Å². The summed E-state index contributed by atoms with van der Waals surface area (Å²) in [5.41, 5.74) is 0. The van der Waals surface area contributed by atoms with E-state index in [0.29, 0.717) is 25.1 Å². The molecule has 0 aromatic rings. The van der Waals surface area contributed by atoms with Gasteiger partial charge in [-0.05, 0) is 13.3 Å². The first kappa shape index (κ1) is 13.2. The summed E-state index contributed by atoms with van der Waals surface area (Å²) in [5.74, 6) is 0.453. The van der Waals surface area contributed by atoms with E-state index in [2.05, 4.69) is 5.32 Å². The van der Waals surface area contributed by atoms with E-state index in [0.717, 1.165) is 0 Å². The Bertz CT molecular complexity index is 306. The molecule has 1 saturated heterocycles. The van der Waals surface area contributed by atoms with E-state index in [1.165, 1.54) is 0 Å². The van der Waals surface area contributed by atoms with Crippen LogP contribution in [0.3, 0.4) is 0 Å². The number of amides is 2. The molecule has 1 aliphatic rings. The lowest BCUT2D eigenvalue weighted by Gasteiger charge is -2.27. The van der Waals surface area contributed by atoms with Gasteiger partial charge in [0, 0.05) is 41.8 Å². The van der Waals surface area contributed by atoms with Gasteiger partial charge in [-0.1, -0.05) is 0 Å². The lowest BCUT2D eigenvalue weighted by Crippen LogP contribution is -2.41. The van der Waals surface area contributed by atoms with E-state index in [1.807, 2.05) is 6.92 Å². The molecule has 0 aliphatic carbocycles. The number of nitrogens with one attached hydrogen (secondary N) is 1. The van der Waals surface area contributed by atoms with Crippen LogP contribution in [-0.2, 0) is 20.4 Å².